The minimum atomic E-state index is -0.595. The lowest BCUT2D eigenvalue weighted by Crippen LogP contribution is -2.48. The number of piperazine rings is 1. The van der Waals surface area contributed by atoms with Crippen LogP contribution in [0.1, 0.15) is 20.7 Å². The summed E-state index contributed by atoms with van der Waals surface area (Å²) in [5.74, 6) is -1.33. The number of rotatable bonds is 7. The summed E-state index contributed by atoms with van der Waals surface area (Å²) in [5.41, 5.74) is 0.829. The lowest BCUT2D eigenvalue weighted by molar-refractivity contribution is -0.133. The molecule has 0 radical (unpaired) electrons. The highest BCUT2D eigenvalue weighted by Crippen LogP contribution is 2.29. The van der Waals surface area contributed by atoms with Crippen LogP contribution in [0.5, 0.6) is 5.75 Å². The first kappa shape index (κ1) is 29.5. The molecule has 3 amide bonds. The highest BCUT2D eigenvalue weighted by atomic mass is 35.5. The second-order valence-electron chi connectivity index (χ2n) is 10.1. The summed E-state index contributed by atoms with van der Waals surface area (Å²) >= 11 is 5.85. The Morgan fingerprint density at radius 1 is 0.907 bits per heavy atom. The number of phenolic OH excluding ortho intramolecular Hbond substituents is 1. The fraction of sp³-hybridized carbons (Fsp3) is 0.194. The molecule has 5 rings (SSSR count). The van der Waals surface area contributed by atoms with Crippen molar-refractivity contribution in [3.05, 3.63) is 106 Å². The number of carbonyl (C=O) groups excluding carboxylic acids is 3. The standard InChI is InChI=1S/C31H29ClN6O5/c1-36-14-16-37(17-15-36)27(40)19-38-13-3-5-23(31(38)43)20-7-9-21(10-8-20)29(41)35-28-24(4-2-6-25(28)39)30(42)34-26-12-11-22(32)18-33-26/h2-13,18,39H,14-17,19H2,1H3,(H,35,41)(H,33,34,42). The summed E-state index contributed by atoms with van der Waals surface area (Å²) in [6.07, 6.45) is 2.97. The van der Waals surface area contributed by atoms with Crippen LogP contribution in [0.4, 0.5) is 11.5 Å². The number of halogens is 1. The quantitative estimate of drug-likeness (QED) is 0.276. The number of carbonyl (C=O) groups is 3. The van der Waals surface area contributed by atoms with Crippen molar-refractivity contribution in [2.45, 2.75) is 6.54 Å². The Balaban J connectivity index is 1.30. The molecule has 220 valence electrons. The highest BCUT2D eigenvalue weighted by molar-refractivity contribution is 6.30. The number of aromatic nitrogens is 2. The van der Waals surface area contributed by atoms with Gasteiger partial charge in [0.25, 0.3) is 17.4 Å². The third-order valence-corrected chi connectivity index (χ3v) is 7.36. The lowest BCUT2D eigenvalue weighted by Gasteiger charge is -2.32. The second kappa shape index (κ2) is 12.9. The van der Waals surface area contributed by atoms with E-state index >= 15 is 0 Å². The van der Waals surface area contributed by atoms with Crippen LogP contribution in [-0.4, -0.2) is 75.4 Å². The largest absolute Gasteiger partial charge is 0.506 e. The summed E-state index contributed by atoms with van der Waals surface area (Å²) in [6, 6.07) is 17.1. The van der Waals surface area contributed by atoms with Gasteiger partial charge >= 0.3 is 0 Å². The predicted octanol–water partition coefficient (Wildman–Crippen LogP) is 3.55. The van der Waals surface area contributed by atoms with Crippen molar-refractivity contribution >= 4 is 40.8 Å². The van der Waals surface area contributed by atoms with Crippen molar-refractivity contribution in [1.82, 2.24) is 19.4 Å². The molecule has 0 unspecified atom stereocenters. The Bertz CT molecular complexity index is 1710. The average Bonchev–Trinajstić information content (AvgIpc) is 3.00. The van der Waals surface area contributed by atoms with Crippen LogP contribution in [-0.2, 0) is 11.3 Å². The number of amides is 3. The van der Waals surface area contributed by atoms with E-state index in [0.717, 1.165) is 13.1 Å². The van der Waals surface area contributed by atoms with Gasteiger partial charge in [0.1, 0.15) is 18.1 Å². The van der Waals surface area contributed by atoms with Crippen LogP contribution >= 0.6 is 11.6 Å². The Labute approximate surface area is 252 Å². The van der Waals surface area contributed by atoms with Crippen molar-refractivity contribution in [2.24, 2.45) is 0 Å². The molecule has 0 atom stereocenters. The number of para-hydroxylation sites is 1. The number of benzene rings is 2. The van der Waals surface area contributed by atoms with Crippen LogP contribution in [0.15, 0.2) is 83.9 Å². The molecule has 12 heteroatoms. The summed E-state index contributed by atoms with van der Waals surface area (Å²) < 4.78 is 1.39. The fourth-order valence-electron chi connectivity index (χ4n) is 4.66. The lowest BCUT2D eigenvalue weighted by atomic mass is 10.0. The Morgan fingerprint density at radius 2 is 1.65 bits per heavy atom. The molecular formula is C31H29ClN6O5. The summed E-state index contributed by atoms with van der Waals surface area (Å²) in [4.78, 5) is 60.0. The molecular weight excluding hydrogens is 572 g/mol. The van der Waals surface area contributed by atoms with E-state index in [1.807, 2.05) is 7.05 Å². The maximum absolute atomic E-state index is 13.2. The first-order valence-corrected chi connectivity index (χ1v) is 13.9. The number of hydrogen-bond acceptors (Lipinski definition) is 7. The molecule has 1 fully saturated rings. The van der Waals surface area contributed by atoms with E-state index in [1.54, 1.807) is 41.4 Å². The van der Waals surface area contributed by atoms with Crippen LogP contribution < -0.4 is 16.2 Å². The minimum absolute atomic E-state index is 0.0256. The smallest absolute Gasteiger partial charge is 0.259 e. The fourth-order valence-corrected chi connectivity index (χ4v) is 4.78. The Hall–Kier alpha value is -5.00. The van der Waals surface area contributed by atoms with Gasteiger partial charge in [0.15, 0.2) is 0 Å². The number of pyridine rings is 2. The average molecular weight is 601 g/mol. The van der Waals surface area contributed by atoms with Gasteiger partial charge in [-0.25, -0.2) is 4.98 Å². The van der Waals surface area contributed by atoms with Gasteiger partial charge < -0.3 is 30.1 Å². The topological polar surface area (TPSA) is 137 Å². The molecule has 0 spiro atoms. The summed E-state index contributed by atoms with van der Waals surface area (Å²) in [6.45, 7) is 2.78. The van der Waals surface area contributed by atoms with Gasteiger partial charge in [-0.2, -0.15) is 0 Å². The molecule has 0 aliphatic carbocycles. The Morgan fingerprint density at radius 3 is 2.35 bits per heavy atom. The van der Waals surface area contributed by atoms with Crippen molar-refractivity contribution in [2.75, 3.05) is 43.9 Å². The number of aromatic hydroxyl groups is 1. The molecule has 0 saturated carbocycles. The van der Waals surface area contributed by atoms with Crippen LogP contribution in [0.2, 0.25) is 5.02 Å². The number of nitrogens with one attached hydrogen (secondary N) is 2. The third-order valence-electron chi connectivity index (χ3n) is 7.13. The molecule has 2 aromatic carbocycles. The molecule has 43 heavy (non-hydrogen) atoms. The molecule has 1 saturated heterocycles. The first-order chi connectivity index (χ1) is 20.7. The molecule has 4 aromatic rings. The van der Waals surface area contributed by atoms with Gasteiger partial charge in [0.2, 0.25) is 5.91 Å². The molecule has 2 aromatic heterocycles. The molecule has 11 nitrogen and oxygen atoms in total. The van der Waals surface area contributed by atoms with E-state index in [4.69, 9.17) is 11.6 Å². The zero-order chi connectivity index (χ0) is 30.5. The van der Waals surface area contributed by atoms with E-state index in [2.05, 4.69) is 20.5 Å². The number of phenols is 1. The monoisotopic (exact) mass is 600 g/mol. The normalized spacial score (nSPS) is 13.4. The number of nitrogens with zero attached hydrogens (tertiary/aromatic N) is 4. The van der Waals surface area contributed by atoms with Gasteiger partial charge in [-0.1, -0.05) is 29.8 Å². The molecule has 1 aliphatic rings. The van der Waals surface area contributed by atoms with E-state index in [-0.39, 0.29) is 46.4 Å². The van der Waals surface area contributed by atoms with Crippen LogP contribution in [0, 0.1) is 0 Å². The van der Waals surface area contributed by atoms with Crippen molar-refractivity contribution in [3.63, 3.8) is 0 Å². The maximum Gasteiger partial charge on any atom is 0.259 e. The van der Waals surface area contributed by atoms with Crippen molar-refractivity contribution in [1.29, 1.82) is 0 Å². The van der Waals surface area contributed by atoms with E-state index in [9.17, 15) is 24.3 Å². The van der Waals surface area contributed by atoms with Gasteiger partial charge in [0, 0.05) is 49.7 Å². The predicted molar refractivity (Wildman–Crippen MR) is 163 cm³/mol. The van der Waals surface area contributed by atoms with E-state index in [1.165, 1.54) is 47.2 Å². The van der Waals surface area contributed by atoms with Crippen molar-refractivity contribution in [3.8, 4) is 16.9 Å². The Kier molecular flexibility index (Phi) is 8.84. The van der Waals surface area contributed by atoms with Crippen LogP contribution in [0.3, 0.4) is 0 Å². The number of hydrogen-bond donors (Lipinski definition) is 3. The first-order valence-electron chi connectivity index (χ1n) is 13.5. The third kappa shape index (κ3) is 6.91. The van der Waals surface area contributed by atoms with Gasteiger partial charge in [-0.05, 0) is 61.1 Å². The number of anilines is 2. The molecule has 1 aliphatic heterocycles. The molecule has 0 bridgehead atoms. The van der Waals surface area contributed by atoms with Gasteiger partial charge in [-0.15, -0.1) is 0 Å². The zero-order valence-electron chi connectivity index (χ0n) is 23.3. The minimum Gasteiger partial charge on any atom is -0.506 e. The molecule has 3 N–H and O–H groups in total. The summed E-state index contributed by atoms with van der Waals surface area (Å²) in [7, 11) is 2.01. The van der Waals surface area contributed by atoms with Crippen LogP contribution in [0.25, 0.3) is 11.1 Å². The zero-order valence-corrected chi connectivity index (χ0v) is 24.0. The van der Waals surface area contributed by atoms with E-state index in [0.29, 0.717) is 29.2 Å². The SMILES string of the molecule is CN1CCN(C(=O)Cn2cccc(-c3ccc(C(=O)Nc4c(O)cccc4C(=O)Nc4ccc(Cl)cn4)cc3)c2=O)CC1. The molecule has 3 heterocycles. The summed E-state index contributed by atoms with van der Waals surface area (Å²) in [5, 5.41) is 16.1. The maximum atomic E-state index is 13.2. The highest BCUT2D eigenvalue weighted by Gasteiger charge is 2.21. The van der Waals surface area contributed by atoms with Crippen molar-refractivity contribution < 1.29 is 19.5 Å². The van der Waals surface area contributed by atoms with Gasteiger partial charge in [0.05, 0.1) is 16.3 Å². The second-order valence-corrected chi connectivity index (χ2v) is 10.5. The van der Waals surface area contributed by atoms with Gasteiger partial charge in [-0.3, -0.25) is 19.2 Å². The van der Waals surface area contributed by atoms with E-state index < -0.39 is 11.8 Å². The number of likely N-dealkylation sites (N-methyl/N-ethyl adjacent to an activating group) is 1.